The molecule has 0 bridgehead atoms. The van der Waals surface area contributed by atoms with Gasteiger partial charge < -0.3 is 16.0 Å². The van der Waals surface area contributed by atoms with Crippen molar-refractivity contribution in [1.29, 1.82) is 0 Å². The van der Waals surface area contributed by atoms with E-state index in [9.17, 15) is 26.7 Å². The molecule has 2 aliphatic carbocycles. The van der Waals surface area contributed by atoms with Gasteiger partial charge in [-0.25, -0.2) is 23.1 Å². The number of hydrogen-bond acceptors (Lipinski definition) is 4. The Kier molecular flexibility index (Phi) is 5.69. The number of nitrogens with two attached hydrogens (primary N) is 1. The van der Waals surface area contributed by atoms with Gasteiger partial charge in [0.15, 0.2) is 5.65 Å². The highest BCUT2D eigenvalue weighted by molar-refractivity contribution is 5.76. The van der Waals surface area contributed by atoms with Crippen molar-refractivity contribution >= 4 is 11.7 Å². The maximum Gasteiger partial charge on any atom is 0.408 e. The van der Waals surface area contributed by atoms with Gasteiger partial charge in [-0.05, 0) is 55.6 Å². The predicted molar refractivity (Wildman–Crippen MR) is 112 cm³/mol. The van der Waals surface area contributed by atoms with E-state index in [1.807, 2.05) is 0 Å². The lowest BCUT2D eigenvalue weighted by Crippen LogP contribution is -2.57. The molecular weight excluding hydrogens is 459 g/mol. The van der Waals surface area contributed by atoms with Crippen molar-refractivity contribution in [2.75, 3.05) is 6.54 Å². The Morgan fingerprint density at radius 1 is 1.12 bits per heavy atom. The van der Waals surface area contributed by atoms with Crippen molar-refractivity contribution < 1.29 is 26.7 Å². The van der Waals surface area contributed by atoms with Gasteiger partial charge in [0.25, 0.3) is 0 Å². The quantitative estimate of drug-likeness (QED) is 0.615. The normalized spacial score (nSPS) is 25.9. The molecule has 2 amide bonds. The number of fused-ring (bicyclic) bond motifs is 1. The molecule has 186 valence electrons. The molecule has 0 spiro atoms. The average Bonchev–Trinajstić information content (AvgIpc) is 3.51. The van der Waals surface area contributed by atoms with Crippen LogP contribution in [0.1, 0.15) is 68.3 Å². The van der Waals surface area contributed by atoms with Crippen LogP contribution in [0.5, 0.6) is 0 Å². The molecule has 3 aliphatic rings. The lowest BCUT2D eigenvalue weighted by molar-refractivity contribution is -0.159. The molecule has 5 rings (SSSR count). The fraction of sp³-hybridized carbons (Fsp3) is 0.682. The summed E-state index contributed by atoms with van der Waals surface area (Å²) in [5.74, 6) is -2.58. The van der Waals surface area contributed by atoms with Crippen LogP contribution in [0.4, 0.5) is 26.7 Å². The van der Waals surface area contributed by atoms with E-state index in [4.69, 9.17) is 5.73 Å². The molecule has 3 fully saturated rings. The van der Waals surface area contributed by atoms with E-state index in [2.05, 4.69) is 15.4 Å². The van der Waals surface area contributed by atoms with E-state index in [-0.39, 0.29) is 43.7 Å². The zero-order valence-electron chi connectivity index (χ0n) is 18.4. The van der Waals surface area contributed by atoms with Gasteiger partial charge in [0, 0.05) is 19.4 Å². The van der Waals surface area contributed by atoms with Crippen molar-refractivity contribution in [1.82, 2.24) is 24.8 Å². The number of amides is 2. The number of imidazole rings is 1. The summed E-state index contributed by atoms with van der Waals surface area (Å²) in [6.45, 7) is -0.000759. The van der Waals surface area contributed by atoms with Crippen LogP contribution in [0.15, 0.2) is 18.5 Å². The Morgan fingerprint density at radius 2 is 1.82 bits per heavy atom. The lowest BCUT2D eigenvalue weighted by Gasteiger charge is -2.38. The molecule has 1 saturated heterocycles. The number of carbonyl (C=O) groups is 1. The SMILES string of the molecule is NC(c1cn2ncc(C(C3CC3)N3CCC(C(F)(F)F)NC3=O)cc2n1)C1CCC(F)(F)CC1. The summed E-state index contributed by atoms with van der Waals surface area (Å²) in [6.07, 6.45) is 0.642. The second kappa shape index (κ2) is 8.31. The predicted octanol–water partition coefficient (Wildman–Crippen LogP) is 4.35. The number of urea groups is 1. The molecular formula is C22H27F5N6O. The third-order valence-electron chi connectivity index (χ3n) is 7.33. The number of alkyl halides is 5. The van der Waals surface area contributed by atoms with Gasteiger partial charge in [-0.2, -0.15) is 18.3 Å². The van der Waals surface area contributed by atoms with E-state index in [0.717, 1.165) is 12.8 Å². The number of carbonyl (C=O) groups excluding carboxylic acids is 1. The molecule has 1 aliphatic heterocycles. The second-order valence-corrected chi connectivity index (χ2v) is 9.78. The largest absolute Gasteiger partial charge is 0.408 e. The van der Waals surface area contributed by atoms with Crippen molar-refractivity contribution in [3.8, 4) is 0 Å². The summed E-state index contributed by atoms with van der Waals surface area (Å²) >= 11 is 0. The van der Waals surface area contributed by atoms with E-state index in [1.54, 1.807) is 23.0 Å². The minimum absolute atomic E-state index is 0.000759. The standard InChI is InChI=1S/C22H27F5N6O/c23-21(24)6-3-12(4-7-21)18(28)15-11-33-17(30-15)9-14(10-29-33)19(13-1-2-13)32-8-5-16(22(25,26)27)31-20(32)34/h9-13,16,18-19H,1-8,28H2,(H,31,34). The third-order valence-corrected chi connectivity index (χ3v) is 7.33. The average molecular weight is 486 g/mol. The molecule has 0 radical (unpaired) electrons. The number of rotatable bonds is 5. The molecule has 34 heavy (non-hydrogen) atoms. The highest BCUT2D eigenvalue weighted by Gasteiger charge is 2.47. The van der Waals surface area contributed by atoms with Crippen molar-refractivity contribution in [2.45, 2.75) is 75.2 Å². The van der Waals surface area contributed by atoms with Crippen LogP contribution in [0.2, 0.25) is 0 Å². The van der Waals surface area contributed by atoms with Crippen molar-refractivity contribution in [3.05, 3.63) is 29.7 Å². The van der Waals surface area contributed by atoms with Gasteiger partial charge >= 0.3 is 12.2 Å². The summed E-state index contributed by atoms with van der Waals surface area (Å²) in [5, 5.41) is 6.49. The van der Waals surface area contributed by atoms with E-state index in [1.165, 1.54) is 4.90 Å². The van der Waals surface area contributed by atoms with E-state index in [0.29, 0.717) is 29.7 Å². The van der Waals surface area contributed by atoms with Crippen LogP contribution in [-0.4, -0.2) is 50.2 Å². The summed E-state index contributed by atoms with van der Waals surface area (Å²) in [5.41, 5.74) is 8.13. The maximum atomic E-state index is 13.5. The first-order valence-corrected chi connectivity index (χ1v) is 11.6. The summed E-state index contributed by atoms with van der Waals surface area (Å²) in [7, 11) is 0. The second-order valence-electron chi connectivity index (χ2n) is 9.78. The van der Waals surface area contributed by atoms with E-state index >= 15 is 0 Å². The molecule has 0 aromatic carbocycles. The molecule has 3 atom stereocenters. The van der Waals surface area contributed by atoms with Crippen LogP contribution in [0, 0.1) is 11.8 Å². The Hall–Kier alpha value is -2.50. The fourth-order valence-electron chi connectivity index (χ4n) is 5.20. The van der Waals surface area contributed by atoms with Crippen LogP contribution < -0.4 is 11.1 Å². The topological polar surface area (TPSA) is 88.5 Å². The summed E-state index contributed by atoms with van der Waals surface area (Å²) in [6, 6.07) is -1.67. The lowest BCUT2D eigenvalue weighted by atomic mass is 9.81. The molecule has 3 N–H and O–H groups in total. The minimum Gasteiger partial charge on any atom is -0.326 e. The number of nitrogens with zero attached hydrogens (tertiary/aromatic N) is 4. The Labute approximate surface area is 192 Å². The van der Waals surface area contributed by atoms with Gasteiger partial charge in [0.1, 0.15) is 6.04 Å². The first-order chi connectivity index (χ1) is 16.0. The Balaban J connectivity index is 1.35. The Bertz CT molecular complexity index is 1060. The van der Waals surface area contributed by atoms with E-state index < -0.39 is 30.2 Å². The molecule has 3 heterocycles. The number of nitrogens with one attached hydrogen (secondary N) is 1. The monoisotopic (exact) mass is 486 g/mol. The molecule has 2 aromatic rings. The first-order valence-electron chi connectivity index (χ1n) is 11.6. The fourth-order valence-corrected chi connectivity index (χ4v) is 5.20. The zero-order chi connectivity index (χ0) is 24.3. The molecule has 12 heteroatoms. The number of hydrogen-bond donors (Lipinski definition) is 2. The van der Waals surface area contributed by atoms with Crippen molar-refractivity contribution in [3.63, 3.8) is 0 Å². The van der Waals surface area contributed by atoms with Crippen molar-refractivity contribution in [2.24, 2.45) is 17.6 Å². The van der Waals surface area contributed by atoms with Gasteiger partial charge in [0.05, 0.1) is 30.2 Å². The van der Waals surface area contributed by atoms with Gasteiger partial charge in [0.2, 0.25) is 5.92 Å². The van der Waals surface area contributed by atoms with Crippen LogP contribution in [-0.2, 0) is 0 Å². The molecule has 2 aromatic heterocycles. The van der Waals surface area contributed by atoms with Gasteiger partial charge in [-0.1, -0.05) is 0 Å². The highest BCUT2D eigenvalue weighted by atomic mass is 19.4. The van der Waals surface area contributed by atoms with Crippen LogP contribution in [0.25, 0.3) is 5.65 Å². The molecule has 2 saturated carbocycles. The highest BCUT2D eigenvalue weighted by Crippen LogP contribution is 2.46. The Morgan fingerprint density at radius 3 is 2.44 bits per heavy atom. The number of halogens is 5. The zero-order valence-corrected chi connectivity index (χ0v) is 18.4. The molecule has 7 nitrogen and oxygen atoms in total. The first kappa shape index (κ1) is 23.3. The van der Waals surface area contributed by atoms with Crippen LogP contribution in [0.3, 0.4) is 0 Å². The third kappa shape index (κ3) is 4.56. The van der Waals surface area contributed by atoms with Crippen LogP contribution >= 0.6 is 0 Å². The smallest absolute Gasteiger partial charge is 0.326 e. The summed E-state index contributed by atoms with van der Waals surface area (Å²) in [4.78, 5) is 18.6. The van der Waals surface area contributed by atoms with Gasteiger partial charge in [-0.15, -0.1) is 0 Å². The maximum absolute atomic E-state index is 13.5. The van der Waals surface area contributed by atoms with Gasteiger partial charge in [-0.3, -0.25) is 0 Å². The number of aromatic nitrogens is 3. The molecule has 3 unspecified atom stereocenters. The summed E-state index contributed by atoms with van der Waals surface area (Å²) < 4.78 is 67.7. The minimum atomic E-state index is -4.48.